The summed E-state index contributed by atoms with van der Waals surface area (Å²) in [5.74, 6) is 1.51. The number of aromatic nitrogens is 3. The largest absolute Gasteiger partial charge is 0.369 e. The summed E-state index contributed by atoms with van der Waals surface area (Å²) in [4.78, 5) is 20.3. The molecule has 0 unspecified atom stereocenters. The SMILES string of the molecule is CCCNc1cn2ccnc2c(NCCC(=O)NCC)n1. The van der Waals surface area contributed by atoms with Gasteiger partial charge >= 0.3 is 0 Å². The van der Waals surface area contributed by atoms with Gasteiger partial charge in [-0.05, 0) is 13.3 Å². The van der Waals surface area contributed by atoms with Crippen molar-refractivity contribution >= 4 is 23.2 Å². The predicted molar refractivity (Wildman–Crippen MR) is 83.6 cm³/mol. The lowest BCUT2D eigenvalue weighted by atomic mass is 10.4. The Morgan fingerprint density at radius 3 is 2.90 bits per heavy atom. The van der Waals surface area contributed by atoms with Crippen LogP contribution in [0.5, 0.6) is 0 Å². The molecule has 0 aliphatic carbocycles. The number of carbonyl (C=O) groups excluding carboxylic acids is 1. The maximum Gasteiger partial charge on any atom is 0.221 e. The average Bonchev–Trinajstić information content (AvgIpc) is 2.94. The average molecular weight is 290 g/mol. The van der Waals surface area contributed by atoms with E-state index in [0.29, 0.717) is 25.3 Å². The number of hydrogen-bond donors (Lipinski definition) is 3. The van der Waals surface area contributed by atoms with Crippen LogP contribution in [0.15, 0.2) is 18.6 Å². The third-order valence-corrected chi connectivity index (χ3v) is 2.95. The molecule has 2 heterocycles. The maximum atomic E-state index is 11.5. The number of rotatable bonds is 8. The second-order valence-electron chi connectivity index (χ2n) is 4.69. The first-order valence-electron chi connectivity index (χ1n) is 7.32. The van der Waals surface area contributed by atoms with Crippen LogP contribution < -0.4 is 16.0 Å². The third kappa shape index (κ3) is 4.08. The maximum absolute atomic E-state index is 11.5. The quantitative estimate of drug-likeness (QED) is 0.686. The van der Waals surface area contributed by atoms with Gasteiger partial charge in [0, 0.05) is 38.4 Å². The highest BCUT2D eigenvalue weighted by molar-refractivity contribution is 5.76. The Hall–Kier alpha value is -2.31. The Morgan fingerprint density at radius 2 is 2.14 bits per heavy atom. The van der Waals surface area contributed by atoms with E-state index in [1.807, 2.05) is 23.7 Å². The number of nitrogens with zero attached hydrogens (tertiary/aromatic N) is 3. The highest BCUT2D eigenvalue weighted by Crippen LogP contribution is 2.16. The summed E-state index contributed by atoms with van der Waals surface area (Å²) in [5, 5.41) is 9.21. The lowest BCUT2D eigenvalue weighted by Crippen LogP contribution is -2.25. The van der Waals surface area contributed by atoms with Gasteiger partial charge in [-0.25, -0.2) is 9.97 Å². The van der Waals surface area contributed by atoms with Crippen LogP contribution in [-0.4, -0.2) is 39.9 Å². The minimum Gasteiger partial charge on any atom is -0.369 e. The van der Waals surface area contributed by atoms with Crippen LogP contribution in [0, 0.1) is 0 Å². The molecule has 2 aromatic rings. The van der Waals surface area contributed by atoms with Gasteiger partial charge in [0.1, 0.15) is 5.82 Å². The van der Waals surface area contributed by atoms with E-state index in [0.717, 1.165) is 24.4 Å². The minimum atomic E-state index is 0.0321. The Labute approximate surface area is 124 Å². The summed E-state index contributed by atoms with van der Waals surface area (Å²) in [6, 6.07) is 0. The first kappa shape index (κ1) is 15.1. The zero-order valence-electron chi connectivity index (χ0n) is 12.5. The van der Waals surface area contributed by atoms with E-state index in [1.54, 1.807) is 6.20 Å². The van der Waals surface area contributed by atoms with Crippen LogP contribution in [-0.2, 0) is 4.79 Å². The Bertz CT molecular complexity index is 594. The van der Waals surface area contributed by atoms with Crippen molar-refractivity contribution in [2.75, 3.05) is 30.3 Å². The van der Waals surface area contributed by atoms with Gasteiger partial charge in [-0.3, -0.25) is 4.79 Å². The molecular formula is C14H22N6O. The molecule has 114 valence electrons. The molecule has 7 nitrogen and oxygen atoms in total. The van der Waals surface area contributed by atoms with Crippen molar-refractivity contribution in [3.05, 3.63) is 18.6 Å². The van der Waals surface area contributed by atoms with Gasteiger partial charge in [-0.2, -0.15) is 0 Å². The molecule has 0 aromatic carbocycles. The molecule has 21 heavy (non-hydrogen) atoms. The van der Waals surface area contributed by atoms with E-state index in [4.69, 9.17) is 0 Å². The van der Waals surface area contributed by atoms with Crippen molar-refractivity contribution in [2.24, 2.45) is 0 Å². The number of imidazole rings is 1. The molecule has 7 heteroatoms. The van der Waals surface area contributed by atoms with Crippen LogP contribution in [0.4, 0.5) is 11.6 Å². The summed E-state index contributed by atoms with van der Waals surface area (Å²) in [7, 11) is 0. The molecule has 2 aromatic heterocycles. The van der Waals surface area contributed by atoms with Gasteiger partial charge < -0.3 is 20.4 Å². The van der Waals surface area contributed by atoms with Crippen LogP contribution in [0.2, 0.25) is 0 Å². The lowest BCUT2D eigenvalue weighted by molar-refractivity contribution is -0.120. The molecule has 1 amide bonds. The first-order chi connectivity index (χ1) is 10.2. The highest BCUT2D eigenvalue weighted by atomic mass is 16.1. The van der Waals surface area contributed by atoms with Crippen molar-refractivity contribution in [1.82, 2.24) is 19.7 Å². The highest BCUT2D eigenvalue weighted by Gasteiger charge is 2.07. The molecular weight excluding hydrogens is 268 g/mol. The number of hydrogen-bond acceptors (Lipinski definition) is 5. The lowest BCUT2D eigenvalue weighted by Gasteiger charge is -2.10. The molecule has 0 saturated heterocycles. The van der Waals surface area contributed by atoms with Crippen LogP contribution in [0.3, 0.4) is 0 Å². The molecule has 3 N–H and O–H groups in total. The predicted octanol–water partition coefficient (Wildman–Crippen LogP) is 1.49. The molecule has 0 atom stereocenters. The second kappa shape index (κ2) is 7.47. The normalized spacial score (nSPS) is 10.6. The number of nitrogens with one attached hydrogen (secondary N) is 3. The zero-order chi connectivity index (χ0) is 15.1. The summed E-state index contributed by atoms with van der Waals surface area (Å²) in [6.45, 7) is 6.06. The van der Waals surface area contributed by atoms with Crippen molar-refractivity contribution in [3.8, 4) is 0 Å². The number of carbonyl (C=O) groups is 1. The standard InChI is InChI=1S/C14H22N6O/c1-3-6-16-11-10-20-9-8-18-14(20)13(19-11)17-7-5-12(21)15-4-2/h8-10,16H,3-7H2,1-2H3,(H,15,21)(H,17,19). The van der Waals surface area contributed by atoms with Gasteiger partial charge in [0.05, 0.1) is 6.20 Å². The molecule has 0 spiro atoms. The van der Waals surface area contributed by atoms with Gasteiger partial charge in [0.2, 0.25) is 5.91 Å². The van der Waals surface area contributed by atoms with Crippen LogP contribution in [0.25, 0.3) is 5.65 Å². The van der Waals surface area contributed by atoms with E-state index in [9.17, 15) is 4.79 Å². The molecule has 0 bridgehead atoms. The van der Waals surface area contributed by atoms with E-state index < -0.39 is 0 Å². The van der Waals surface area contributed by atoms with E-state index in [2.05, 4.69) is 32.8 Å². The van der Waals surface area contributed by atoms with Crippen molar-refractivity contribution in [3.63, 3.8) is 0 Å². The van der Waals surface area contributed by atoms with E-state index >= 15 is 0 Å². The summed E-state index contributed by atoms with van der Waals surface area (Å²) in [6.07, 6.45) is 6.96. The fraction of sp³-hybridized carbons (Fsp3) is 0.500. The van der Waals surface area contributed by atoms with E-state index in [1.165, 1.54) is 0 Å². The smallest absolute Gasteiger partial charge is 0.221 e. The van der Waals surface area contributed by atoms with Crippen molar-refractivity contribution in [1.29, 1.82) is 0 Å². The number of fused-ring (bicyclic) bond motifs is 1. The summed E-state index contributed by atoms with van der Waals surface area (Å²) >= 11 is 0. The summed E-state index contributed by atoms with van der Waals surface area (Å²) in [5.41, 5.74) is 0.757. The molecule has 0 radical (unpaired) electrons. The topological polar surface area (TPSA) is 83.3 Å². The Morgan fingerprint density at radius 1 is 1.29 bits per heavy atom. The molecule has 0 fully saturated rings. The van der Waals surface area contributed by atoms with Crippen LogP contribution in [0.1, 0.15) is 26.7 Å². The third-order valence-electron chi connectivity index (χ3n) is 2.95. The molecule has 0 saturated carbocycles. The van der Waals surface area contributed by atoms with Crippen molar-refractivity contribution < 1.29 is 4.79 Å². The second-order valence-corrected chi connectivity index (χ2v) is 4.69. The number of anilines is 2. The van der Waals surface area contributed by atoms with Gasteiger partial charge in [0.25, 0.3) is 0 Å². The molecule has 0 aliphatic heterocycles. The Kier molecular flexibility index (Phi) is 5.36. The van der Waals surface area contributed by atoms with E-state index in [-0.39, 0.29) is 5.91 Å². The van der Waals surface area contributed by atoms with Gasteiger partial charge in [-0.15, -0.1) is 0 Å². The van der Waals surface area contributed by atoms with Gasteiger partial charge in [-0.1, -0.05) is 6.92 Å². The van der Waals surface area contributed by atoms with Crippen molar-refractivity contribution in [2.45, 2.75) is 26.7 Å². The monoisotopic (exact) mass is 290 g/mol. The molecule has 0 aliphatic rings. The van der Waals surface area contributed by atoms with Crippen LogP contribution >= 0.6 is 0 Å². The fourth-order valence-corrected chi connectivity index (χ4v) is 1.97. The number of amides is 1. The Balaban J connectivity index is 2.06. The summed E-state index contributed by atoms with van der Waals surface area (Å²) < 4.78 is 1.92. The minimum absolute atomic E-state index is 0.0321. The fourth-order valence-electron chi connectivity index (χ4n) is 1.97. The van der Waals surface area contributed by atoms with Gasteiger partial charge in [0.15, 0.2) is 11.5 Å². The first-order valence-corrected chi connectivity index (χ1v) is 7.32. The molecule has 2 rings (SSSR count). The zero-order valence-corrected chi connectivity index (χ0v) is 12.5.